The van der Waals surface area contributed by atoms with Crippen LogP contribution in [0.15, 0.2) is 29.0 Å². The van der Waals surface area contributed by atoms with Crippen LogP contribution in [0.1, 0.15) is 42.2 Å². The number of aryl methyl sites for hydroxylation is 1. The monoisotopic (exact) mass is 343 g/mol. The molecule has 1 aliphatic rings. The van der Waals surface area contributed by atoms with E-state index in [0.717, 1.165) is 61.4 Å². The molecule has 24 heavy (non-hydrogen) atoms. The largest absolute Gasteiger partial charge is 0.336 e. The number of rotatable bonds is 5. The highest BCUT2D eigenvalue weighted by atomic mass is 32.1. The lowest BCUT2D eigenvalue weighted by Gasteiger charge is -2.35. The standard InChI is InChI=1S/C19H25N3OS/c1-3-11-22(16-6-9-20-10-7-16)19(23)17-4-5-18(21-14(17)2)15-8-12-24-13-15/h4-5,8,12-13,16,20H,3,6-7,9-11H2,1-2H3. The second kappa shape index (κ2) is 7.90. The minimum Gasteiger partial charge on any atom is -0.336 e. The lowest BCUT2D eigenvalue weighted by atomic mass is 10.0. The molecule has 0 radical (unpaired) electrons. The highest BCUT2D eigenvalue weighted by molar-refractivity contribution is 7.08. The van der Waals surface area contributed by atoms with E-state index in [1.54, 1.807) is 11.3 Å². The van der Waals surface area contributed by atoms with Crippen molar-refractivity contribution in [3.05, 3.63) is 40.2 Å². The highest BCUT2D eigenvalue weighted by Crippen LogP contribution is 2.23. The number of hydrogen-bond acceptors (Lipinski definition) is 4. The molecule has 5 heteroatoms. The van der Waals surface area contributed by atoms with Gasteiger partial charge in [0.25, 0.3) is 5.91 Å². The van der Waals surface area contributed by atoms with Gasteiger partial charge in [0.2, 0.25) is 0 Å². The predicted molar refractivity (Wildman–Crippen MR) is 99.5 cm³/mol. The number of nitrogens with one attached hydrogen (secondary N) is 1. The van der Waals surface area contributed by atoms with Crippen LogP contribution in [0, 0.1) is 6.92 Å². The smallest absolute Gasteiger partial charge is 0.255 e. The normalized spacial score (nSPS) is 15.4. The molecule has 0 aliphatic carbocycles. The molecule has 0 saturated carbocycles. The lowest BCUT2D eigenvalue weighted by molar-refractivity contribution is 0.0641. The lowest BCUT2D eigenvalue weighted by Crippen LogP contribution is -2.46. The van der Waals surface area contributed by atoms with Crippen molar-refractivity contribution in [2.24, 2.45) is 0 Å². The van der Waals surface area contributed by atoms with Crippen molar-refractivity contribution in [3.63, 3.8) is 0 Å². The van der Waals surface area contributed by atoms with Gasteiger partial charge in [0, 0.05) is 23.5 Å². The van der Waals surface area contributed by atoms with Crippen molar-refractivity contribution in [3.8, 4) is 11.3 Å². The zero-order valence-corrected chi connectivity index (χ0v) is 15.2. The molecule has 1 amide bonds. The summed E-state index contributed by atoms with van der Waals surface area (Å²) in [5, 5.41) is 7.51. The quantitative estimate of drug-likeness (QED) is 0.900. The molecular formula is C19H25N3OS. The van der Waals surface area contributed by atoms with Gasteiger partial charge in [0.15, 0.2) is 0 Å². The van der Waals surface area contributed by atoms with Crippen molar-refractivity contribution in [2.75, 3.05) is 19.6 Å². The number of nitrogens with zero attached hydrogens (tertiary/aromatic N) is 2. The number of aromatic nitrogens is 1. The molecule has 1 aliphatic heterocycles. The molecule has 3 rings (SSSR count). The van der Waals surface area contributed by atoms with Gasteiger partial charge in [-0.15, -0.1) is 0 Å². The third-order valence-electron chi connectivity index (χ3n) is 4.61. The average molecular weight is 343 g/mol. The molecule has 4 nitrogen and oxygen atoms in total. The van der Waals surface area contributed by atoms with Crippen LogP contribution in [0.3, 0.4) is 0 Å². The number of hydrogen-bond donors (Lipinski definition) is 1. The summed E-state index contributed by atoms with van der Waals surface area (Å²) in [4.78, 5) is 19.9. The van der Waals surface area contributed by atoms with Crippen LogP contribution in [0.5, 0.6) is 0 Å². The Hall–Kier alpha value is -1.72. The molecule has 2 aromatic rings. The van der Waals surface area contributed by atoms with Gasteiger partial charge in [0.05, 0.1) is 17.0 Å². The molecular weight excluding hydrogens is 318 g/mol. The van der Waals surface area contributed by atoms with Crippen molar-refractivity contribution in [2.45, 2.75) is 39.2 Å². The third kappa shape index (κ3) is 3.68. The topological polar surface area (TPSA) is 45.2 Å². The fourth-order valence-electron chi connectivity index (χ4n) is 3.32. The van der Waals surface area contributed by atoms with E-state index in [1.807, 2.05) is 24.4 Å². The molecule has 2 aromatic heterocycles. The van der Waals surface area contributed by atoms with Gasteiger partial charge in [0.1, 0.15) is 0 Å². The summed E-state index contributed by atoms with van der Waals surface area (Å²) in [6.45, 7) is 6.87. The zero-order valence-electron chi connectivity index (χ0n) is 14.4. The molecule has 0 bridgehead atoms. The first-order chi connectivity index (χ1) is 11.7. The number of carbonyl (C=O) groups is 1. The van der Waals surface area contributed by atoms with E-state index in [-0.39, 0.29) is 5.91 Å². The Balaban J connectivity index is 1.84. The third-order valence-corrected chi connectivity index (χ3v) is 5.29. The second-order valence-electron chi connectivity index (χ2n) is 6.32. The maximum absolute atomic E-state index is 13.1. The Morgan fingerprint density at radius 2 is 2.12 bits per heavy atom. The van der Waals surface area contributed by atoms with Crippen LogP contribution < -0.4 is 5.32 Å². The summed E-state index contributed by atoms with van der Waals surface area (Å²) in [6.07, 6.45) is 3.05. The molecule has 1 N–H and O–H groups in total. The molecule has 0 aromatic carbocycles. The Kier molecular flexibility index (Phi) is 5.63. The van der Waals surface area contributed by atoms with Gasteiger partial charge >= 0.3 is 0 Å². The average Bonchev–Trinajstić information content (AvgIpc) is 3.14. The number of thiophene rings is 1. The van der Waals surface area contributed by atoms with E-state index < -0.39 is 0 Å². The zero-order chi connectivity index (χ0) is 16.9. The van der Waals surface area contributed by atoms with Crippen LogP contribution in [-0.2, 0) is 0 Å². The number of pyridine rings is 1. The van der Waals surface area contributed by atoms with E-state index in [1.165, 1.54) is 0 Å². The van der Waals surface area contributed by atoms with Gasteiger partial charge in [-0.05, 0) is 62.9 Å². The summed E-state index contributed by atoms with van der Waals surface area (Å²) in [6, 6.07) is 6.32. The van der Waals surface area contributed by atoms with E-state index in [9.17, 15) is 4.79 Å². The maximum atomic E-state index is 13.1. The van der Waals surface area contributed by atoms with E-state index in [0.29, 0.717) is 6.04 Å². The molecule has 0 atom stereocenters. The number of amides is 1. The van der Waals surface area contributed by atoms with E-state index in [4.69, 9.17) is 0 Å². The van der Waals surface area contributed by atoms with Gasteiger partial charge in [-0.25, -0.2) is 0 Å². The molecule has 128 valence electrons. The van der Waals surface area contributed by atoms with Crippen LogP contribution in [0.2, 0.25) is 0 Å². The number of piperidine rings is 1. The Labute approximate surface area is 147 Å². The summed E-state index contributed by atoms with van der Waals surface area (Å²) in [5.74, 6) is 0.130. The molecule has 0 unspecified atom stereocenters. The molecule has 1 fully saturated rings. The van der Waals surface area contributed by atoms with Crippen LogP contribution >= 0.6 is 11.3 Å². The highest BCUT2D eigenvalue weighted by Gasteiger charge is 2.26. The van der Waals surface area contributed by atoms with Crippen molar-refractivity contribution in [1.29, 1.82) is 0 Å². The van der Waals surface area contributed by atoms with Crippen molar-refractivity contribution < 1.29 is 4.79 Å². The van der Waals surface area contributed by atoms with Crippen molar-refractivity contribution >= 4 is 17.2 Å². The first kappa shape index (κ1) is 17.1. The summed E-state index contributed by atoms with van der Waals surface area (Å²) < 4.78 is 0. The molecule has 1 saturated heterocycles. The minimum absolute atomic E-state index is 0.130. The summed E-state index contributed by atoms with van der Waals surface area (Å²) in [7, 11) is 0. The number of carbonyl (C=O) groups excluding carboxylic acids is 1. The summed E-state index contributed by atoms with van der Waals surface area (Å²) >= 11 is 1.66. The Morgan fingerprint density at radius 1 is 1.33 bits per heavy atom. The summed E-state index contributed by atoms with van der Waals surface area (Å²) in [5.41, 5.74) is 3.61. The first-order valence-electron chi connectivity index (χ1n) is 8.72. The fourth-order valence-corrected chi connectivity index (χ4v) is 3.97. The fraction of sp³-hybridized carbons (Fsp3) is 0.474. The van der Waals surface area contributed by atoms with Crippen LogP contribution in [-0.4, -0.2) is 41.5 Å². The molecule has 0 spiro atoms. The second-order valence-corrected chi connectivity index (χ2v) is 7.10. The SMILES string of the molecule is CCCN(C(=O)c1ccc(-c2ccsc2)nc1C)C1CCNCC1. The maximum Gasteiger partial charge on any atom is 0.255 e. The Bertz CT molecular complexity index is 678. The predicted octanol–water partition coefficient (Wildman–Crippen LogP) is 3.72. The van der Waals surface area contributed by atoms with Gasteiger partial charge in [-0.3, -0.25) is 9.78 Å². The van der Waals surface area contributed by atoms with E-state index >= 15 is 0 Å². The van der Waals surface area contributed by atoms with Crippen molar-refractivity contribution in [1.82, 2.24) is 15.2 Å². The first-order valence-corrected chi connectivity index (χ1v) is 9.67. The van der Waals surface area contributed by atoms with Gasteiger partial charge in [-0.1, -0.05) is 6.92 Å². The van der Waals surface area contributed by atoms with Gasteiger partial charge < -0.3 is 10.2 Å². The Morgan fingerprint density at radius 3 is 2.75 bits per heavy atom. The van der Waals surface area contributed by atoms with Crippen LogP contribution in [0.4, 0.5) is 0 Å². The minimum atomic E-state index is 0.130. The van der Waals surface area contributed by atoms with Gasteiger partial charge in [-0.2, -0.15) is 11.3 Å². The van der Waals surface area contributed by atoms with Crippen LogP contribution in [0.25, 0.3) is 11.3 Å². The van der Waals surface area contributed by atoms with E-state index in [2.05, 4.69) is 33.6 Å². The molecule has 3 heterocycles.